The predicted octanol–water partition coefficient (Wildman–Crippen LogP) is 3.20. The lowest BCUT2D eigenvalue weighted by atomic mass is 10.2. The molecule has 0 saturated heterocycles. The summed E-state index contributed by atoms with van der Waals surface area (Å²) in [5.74, 6) is 2.00. The minimum Gasteiger partial charge on any atom is -0.497 e. The van der Waals surface area contributed by atoms with E-state index < -0.39 is 0 Å². The normalized spacial score (nSPS) is 10.1. The van der Waals surface area contributed by atoms with E-state index in [1.54, 1.807) is 26.4 Å². The van der Waals surface area contributed by atoms with Crippen LogP contribution in [-0.4, -0.2) is 24.2 Å². The number of aromatic nitrogens is 2. The molecule has 2 rings (SSSR count). The van der Waals surface area contributed by atoms with E-state index >= 15 is 0 Å². The minimum absolute atomic E-state index is 0.206. The molecule has 0 atom stereocenters. The molecule has 1 aromatic heterocycles. The number of methoxy groups -OCH3 is 2. The summed E-state index contributed by atoms with van der Waals surface area (Å²) >= 11 is 5.82. The Bertz CT molecular complexity index is 548. The van der Waals surface area contributed by atoms with Gasteiger partial charge in [-0.3, -0.25) is 0 Å². The molecule has 0 bridgehead atoms. The second kappa shape index (κ2) is 5.75. The third-order valence-corrected chi connectivity index (χ3v) is 2.62. The summed E-state index contributed by atoms with van der Waals surface area (Å²) < 4.78 is 10.4. The molecule has 100 valence electrons. The van der Waals surface area contributed by atoms with Crippen LogP contribution in [0.3, 0.4) is 0 Å². The van der Waals surface area contributed by atoms with Gasteiger partial charge in [0.05, 0.1) is 14.2 Å². The van der Waals surface area contributed by atoms with Crippen molar-refractivity contribution in [2.24, 2.45) is 0 Å². The average molecular weight is 280 g/mol. The van der Waals surface area contributed by atoms with Gasteiger partial charge in [0.25, 0.3) is 0 Å². The number of benzene rings is 1. The van der Waals surface area contributed by atoms with Gasteiger partial charge in [0, 0.05) is 35.6 Å². The summed E-state index contributed by atoms with van der Waals surface area (Å²) in [6, 6.07) is 7.28. The van der Waals surface area contributed by atoms with E-state index in [0.717, 1.165) is 11.4 Å². The fourth-order valence-electron chi connectivity index (χ4n) is 1.62. The lowest BCUT2D eigenvalue weighted by molar-refractivity contribution is 0.395. The zero-order valence-electron chi connectivity index (χ0n) is 10.9. The second-order valence-electron chi connectivity index (χ2n) is 3.89. The molecule has 1 heterocycles. The van der Waals surface area contributed by atoms with Gasteiger partial charge in [0.15, 0.2) is 0 Å². The largest absolute Gasteiger partial charge is 0.497 e. The molecule has 0 fully saturated rings. The lowest BCUT2D eigenvalue weighted by Crippen LogP contribution is -1.98. The lowest BCUT2D eigenvalue weighted by Gasteiger charge is -2.10. The fraction of sp³-hybridized carbons (Fsp3) is 0.231. The highest BCUT2D eigenvalue weighted by Crippen LogP contribution is 2.27. The van der Waals surface area contributed by atoms with Crippen LogP contribution in [0.4, 0.5) is 11.5 Å². The smallest absolute Gasteiger partial charge is 0.224 e. The van der Waals surface area contributed by atoms with Gasteiger partial charge in [0.2, 0.25) is 5.28 Å². The summed E-state index contributed by atoms with van der Waals surface area (Å²) in [5.41, 5.74) is 1.59. The molecule has 5 nitrogen and oxygen atoms in total. The Hall–Kier alpha value is -2.01. The number of hydrogen-bond donors (Lipinski definition) is 1. The zero-order chi connectivity index (χ0) is 13.8. The maximum atomic E-state index is 5.82. The SMILES string of the molecule is COc1cc(Nc2cc(C)nc(Cl)n2)cc(OC)c1. The molecule has 1 N–H and O–H groups in total. The number of ether oxygens (including phenoxy) is 2. The molecule has 0 aliphatic carbocycles. The number of hydrogen-bond acceptors (Lipinski definition) is 5. The van der Waals surface area contributed by atoms with Gasteiger partial charge < -0.3 is 14.8 Å². The van der Waals surface area contributed by atoms with Crippen molar-refractivity contribution in [1.82, 2.24) is 9.97 Å². The van der Waals surface area contributed by atoms with Crippen LogP contribution in [0.1, 0.15) is 5.69 Å². The molecule has 2 aromatic rings. The van der Waals surface area contributed by atoms with Crippen LogP contribution in [0.15, 0.2) is 24.3 Å². The summed E-state index contributed by atoms with van der Waals surface area (Å²) in [4.78, 5) is 8.11. The number of halogens is 1. The van der Waals surface area contributed by atoms with Crippen molar-refractivity contribution in [1.29, 1.82) is 0 Å². The molecule has 19 heavy (non-hydrogen) atoms. The van der Waals surface area contributed by atoms with E-state index in [1.165, 1.54) is 0 Å². The van der Waals surface area contributed by atoms with Crippen LogP contribution in [0, 0.1) is 6.92 Å². The van der Waals surface area contributed by atoms with E-state index in [0.29, 0.717) is 17.3 Å². The second-order valence-corrected chi connectivity index (χ2v) is 4.23. The van der Waals surface area contributed by atoms with Crippen molar-refractivity contribution >= 4 is 23.1 Å². The van der Waals surface area contributed by atoms with Crippen molar-refractivity contribution in [2.75, 3.05) is 19.5 Å². The third-order valence-electron chi connectivity index (χ3n) is 2.45. The first kappa shape index (κ1) is 13.4. The number of aryl methyl sites for hydroxylation is 1. The van der Waals surface area contributed by atoms with Crippen LogP contribution in [-0.2, 0) is 0 Å². The molecule has 0 spiro atoms. The van der Waals surface area contributed by atoms with Crippen molar-refractivity contribution in [3.8, 4) is 11.5 Å². The van der Waals surface area contributed by atoms with Crippen LogP contribution in [0.25, 0.3) is 0 Å². The Labute approximate surface area is 116 Å². The van der Waals surface area contributed by atoms with Gasteiger partial charge in [-0.15, -0.1) is 0 Å². The quantitative estimate of drug-likeness (QED) is 0.871. The van der Waals surface area contributed by atoms with Crippen molar-refractivity contribution < 1.29 is 9.47 Å². The van der Waals surface area contributed by atoms with E-state index in [2.05, 4.69) is 15.3 Å². The van der Waals surface area contributed by atoms with Crippen molar-refractivity contribution in [3.63, 3.8) is 0 Å². The Morgan fingerprint density at radius 3 is 2.16 bits per heavy atom. The van der Waals surface area contributed by atoms with E-state index in [1.807, 2.05) is 19.1 Å². The third kappa shape index (κ3) is 3.48. The Morgan fingerprint density at radius 2 is 1.63 bits per heavy atom. The molecule has 1 aromatic carbocycles. The first-order valence-electron chi connectivity index (χ1n) is 5.62. The Morgan fingerprint density at radius 1 is 1.00 bits per heavy atom. The molecule has 0 unspecified atom stereocenters. The van der Waals surface area contributed by atoms with Crippen LogP contribution < -0.4 is 14.8 Å². The highest BCUT2D eigenvalue weighted by molar-refractivity contribution is 6.28. The monoisotopic (exact) mass is 279 g/mol. The molecular weight excluding hydrogens is 266 g/mol. The Balaban J connectivity index is 2.31. The standard InChI is InChI=1S/C13H14ClN3O2/c1-8-4-12(17-13(14)15-8)16-9-5-10(18-2)7-11(6-9)19-3/h4-7H,1-3H3,(H,15,16,17). The summed E-state index contributed by atoms with van der Waals surface area (Å²) in [5, 5.41) is 3.35. The molecule has 0 radical (unpaired) electrons. The molecule has 0 saturated carbocycles. The van der Waals surface area contributed by atoms with Crippen LogP contribution >= 0.6 is 11.6 Å². The number of rotatable bonds is 4. The van der Waals surface area contributed by atoms with E-state index in [4.69, 9.17) is 21.1 Å². The molecular formula is C13H14ClN3O2. The van der Waals surface area contributed by atoms with Crippen molar-refractivity contribution in [3.05, 3.63) is 35.2 Å². The first-order chi connectivity index (χ1) is 9.10. The van der Waals surface area contributed by atoms with Crippen molar-refractivity contribution in [2.45, 2.75) is 6.92 Å². The maximum Gasteiger partial charge on any atom is 0.224 e. The van der Waals surface area contributed by atoms with Crippen LogP contribution in [0.2, 0.25) is 5.28 Å². The maximum absolute atomic E-state index is 5.82. The summed E-state index contributed by atoms with van der Waals surface area (Å²) in [7, 11) is 3.20. The summed E-state index contributed by atoms with van der Waals surface area (Å²) in [6.45, 7) is 1.85. The van der Waals surface area contributed by atoms with Gasteiger partial charge in [-0.2, -0.15) is 0 Å². The van der Waals surface area contributed by atoms with Gasteiger partial charge in [-0.05, 0) is 18.5 Å². The van der Waals surface area contributed by atoms with E-state index in [-0.39, 0.29) is 5.28 Å². The molecule has 0 aliphatic heterocycles. The van der Waals surface area contributed by atoms with Gasteiger partial charge in [-0.25, -0.2) is 9.97 Å². The number of anilines is 2. The average Bonchev–Trinajstić information content (AvgIpc) is 2.37. The molecule has 0 aliphatic rings. The Kier molecular flexibility index (Phi) is 4.06. The number of nitrogens with one attached hydrogen (secondary N) is 1. The molecule has 6 heteroatoms. The highest BCUT2D eigenvalue weighted by Gasteiger charge is 2.04. The zero-order valence-corrected chi connectivity index (χ0v) is 11.7. The predicted molar refractivity (Wildman–Crippen MR) is 74.6 cm³/mol. The molecule has 0 amide bonds. The van der Waals surface area contributed by atoms with Crippen LogP contribution in [0.5, 0.6) is 11.5 Å². The fourth-order valence-corrected chi connectivity index (χ4v) is 1.85. The first-order valence-corrected chi connectivity index (χ1v) is 6.00. The van der Waals surface area contributed by atoms with Gasteiger partial charge in [-0.1, -0.05) is 0 Å². The topological polar surface area (TPSA) is 56.3 Å². The van der Waals surface area contributed by atoms with E-state index in [9.17, 15) is 0 Å². The highest BCUT2D eigenvalue weighted by atomic mass is 35.5. The summed E-state index contributed by atoms with van der Waals surface area (Å²) in [6.07, 6.45) is 0. The van der Waals surface area contributed by atoms with Gasteiger partial charge in [0.1, 0.15) is 17.3 Å². The van der Waals surface area contributed by atoms with Gasteiger partial charge >= 0.3 is 0 Å². The number of nitrogens with zero attached hydrogens (tertiary/aromatic N) is 2. The minimum atomic E-state index is 0.206.